The van der Waals surface area contributed by atoms with Gasteiger partial charge in [-0.1, -0.05) is 66.7 Å². The van der Waals surface area contributed by atoms with Crippen LogP contribution in [0.5, 0.6) is 5.75 Å². The second-order valence-electron chi connectivity index (χ2n) is 7.29. The number of amides is 2. The van der Waals surface area contributed by atoms with Crippen molar-refractivity contribution in [2.45, 2.75) is 6.54 Å². The largest absolute Gasteiger partial charge is 0.501 e. The van der Waals surface area contributed by atoms with Crippen LogP contribution in [0.4, 0.5) is 10.5 Å². The van der Waals surface area contributed by atoms with Crippen molar-refractivity contribution in [1.29, 1.82) is 0 Å². The number of rotatable bonds is 6. The molecule has 1 aromatic heterocycles. The standard InChI is InChI=1S/C25H20N4O5/c30-21-20(24(32)33)28-22(29-23(21)31)18-12-6-7-13-19(18)27-25(34)26-14-16-10-4-5-11-17(16)15-8-2-1-3-9-15/h1-13,30H,14H2,(H,32,33)(H2,26,27,34)(H,28,29,31). The Balaban J connectivity index is 1.55. The molecule has 4 aromatic rings. The van der Waals surface area contributed by atoms with Crippen LogP contribution in [-0.4, -0.2) is 32.2 Å². The van der Waals surface area contributed by atoms with Crippen LogP contribution in [0.15, 0.2) is 83.7 Å². The number of benzene rings is 3. The Kier molecular flexibility index (Phi) is 6.35. The molecule has 2 amide bonds. The van der Waals surface area contributed by atoms with Crippen molar-refractivity contribution in [3.63, 3.8) is 0 Å². The highest BCUT2D eigenvalue weighted by atomic mass is 16.4. The van der Waals surface area contributed by atoms with Crippen molar-refractivity contribution in [1.82, 2.24) is 15.3 Å². The average Bonchev–Trinajstić information content (AvgIpc) is 2.85. The molecule has 0 saturated heterocycles. The van der Waals surface area contributed by atoms with Crippen molar-refractivity contribution in [3.8, 4) is 28.3 Å². The number of anilines is 1. The first kappa shape index (κ1) is 22.3. The van der Waals surface area contributed by atoms with Crippen molar-refractivity contribution < 1.29 is 19.8 Å². The van der Waals surface area contributed by atoms with Crippen molar-refractivity contribution in [3.05, 3.63) is 100 Å². The molecule has 0 fully saturated rings. The lowest BCUT2D eigenvalue weighted by Gasteiger charge is -2.14. The van der Waals surface area contributed by atoms with Crippen LogP contribution in [0.1, 0.15) is 16.1 Å². The van der Waals surface area contributed by atoms with Crippen LogP contribution in [0, 0.1) is 0 Å². The Morgan fingerprint density at radius 1 is 0.882 bits per heavy atom. The molecule has 0 aliphatic rings. The van der Waals surface area contributed by atoms with E-state index in [1.807, 2.05) is 54.6 Å². The second kappa shape index (κ2) is 9.70. The number of nitrogens with zero attached hydrogens (tertiary/aromatic N) is 1. The number of aromatic hydroxyl groups is 1. The number of aromatic amines is 1. The smallest absolute Gasteiger partial charge is 0.358 e. The van der Waals surface area contributed by atoms with E-state index in [4.69, 9.17) is 0 Å². The quantitative estimate of drug-likeness (QED) is 0.298. The fourth-order valence-electron chi connectivity index (χ4n) is 3.46. The molecule has 0 aliphatic heterocycles. The van der Waals surface area contributed by atoms with E-state index in [1.54, 1.807) is 24.3 Å². The minimum absolute atomic E-state index is 0.106. The molecule has 0 aliphatic carbocycles. The van der Waals surface area contributed by atoms with E-state index >= 15 is 0 Å². The molecular formula is C25H20N4O5. The fraction of sp³-hybridized carbons (Fsp3) is 0.0400. The molecule has 0 saturated carbocycles. The van der Waals surface area contributed by atoms with E-state index in [-0.39, 0.29) is 17.9 Å². The van der Waals surface area contributed by atoms with E-state index in [2.05, 4.69) is 20.6 Å². The summed E-state index contributed by atoms with van der Waals surface area (Å²) >= 11 is 0. The van der Waals surface area contributed by atoms with Gasteiger partial charge in [-0.25, -0.2) is 14.6 Å². The first-order valence-electron chi connectivity index (χ1n) is 10.3. The van der Waals surface area contributed by atoms with Crippen LogP contribution in [0.3, 0.4) is 0 Å². The predicted octanol–water partition coefficient (Wildman–Crippen LogP) is 3.83. The van der Waals surface area contributed by atoms with E-state index in [0.29, 0.717) is 5.69 Å². The second-order valence-corrected chi connectivity index (χ2v) is 7.29. The summed E-state index contributed by atoms with van der Waals surface area (Å²) in [6, 6.07) is 23.5. The number of hydrogen-bond donors (Lipinski definition) is 5. The molecule has 9 nitrogen and oxygen atoms in total. The summed E-state index contributed by atoms with van der Waals surface area (Å²) in [4.78, 5) is 42.1. The molecule has 5 N–H and O–H groups in total. The lowest BCUT2D eigenvalue weighted by Crippen LogP contribution is -2.28. The molecule has 0 atom stereocenters. The minimum Gasteiger partial charge on any atom is -0.501 e. The summed E-state index contributed by atoms with van der Waals surface area (Å²) in [5.41, 5.74) is 1.74. The van der Waals surface area contributed by atoms with E-state index in [9.17, 15) is 24.6 Å². The molecule has 3 aromatic carbocycles. The Morgan fingerprint density at radius 2 is 1.53 bits per heavy atom. The number of carbonyl (C=O) groups is 2. The third kappa shape index (κ3) is 4.78. The number of hydrogen-bond acceptors (Lipinski definition) is 5. The van der Waals surface area contributed by atoms with Gasteiger partial charge in [0.05, 0.1) is 5.69 Å². The number of aromatic nitrogens is 2. The lowest BCUT2D eigenvalue weighted by atomic mass is 10.00. The first-order chi connectivity index (χ1) is 16.4. The summed E-state index contributed by atoms with van der Waals surface area (Å²) in [5.74, 6) is -2.65. The highest BCUT2D eigenvalue weighted by Gasteiger charge is 2.19. The molecule has 0 unspecified atom stereocenters. The molecule has 0 spiro atoms. The van der Waals surface area contributed by atoms with Crippen LogP contribution in [0.25, 0.3) is 22.5 Å². The van der Waals surface area contributed by atoms with Crippen LogP contribution in [-0.2, 0) is 6.54 Å². The predicted molar refractivity (Wildman–Crippen MR) is 127 cm³/mol. The number of carboxylic acids is 1. The Labute approximate surface area is 193 Å². The topological polar surface area (TPSA) is 144 Å². The van der Waals surface area contributed by atoms with Crippen molar-refractivity contribution >= 4 is 17.7 Å². The van der Waals surface area contributed by atoms with Crippen molar-refractivity contribution in [2.75, 3.05) is 5.32 Å². The van der Waals surface area contributed by atoms with Crippen molar-refractivity contribution in [2.24, 2.45) is 0 Å². The number of urea groups is 1. The zero-order chi connectivity index (χ0) is 24.1. The molecule has 170 valence electrons. The lowest BCUT2D eigenvalue weighted by molar-refractivity contribution is 0.0686. The maximum absolute atomic E-state index is 12.7. The zero-order valence-corrected chi connectivity index (χ0v) is 17.8. The van der Waals surface area contributed by atoms with Crippen LogP contribution >= 0.6 is 0 Å². The van der Waals surface area contributed by atoms with Gasteiger partial charge in [0.15, 0.2) is 5.69 Å². The number of nitrogens with one attached hydrogen (secondary N) is 3. The first-order valence-corrected chi connectivity index (χ1v) is 10.3. The normalized spacial score (nSPS) is 10.5. The molecular weight excluding hydrogens is 436 g/mol. The van der Waals surface area contributed by atoms with Gasteiger partial charge in [-0.3, -0.25) is 4.79 Å². The van der Waals surface area contributed by atoms with Gasteiger partial charge in [0.25, 0.3) is 5.56 Å². The minimum atomic E-state index is -1.55. The van der Waals surface area contributed by atoms with Gasteiger partial charge < -0.3 is 25.8 Å². The average molecular weight is 456 g/mol. The Morgan fingerprint density at radius 3 is 2.26 bits per heavy atom. The third-order valence-electron chi connectivity index (χ3n) is 5.07. The third-order valence-corrected chi connectivity index (χ3v) is 5.07. The van der Waals surface area contributed by atoms with Gasteiger partial charge in [0.2, 0.25) is 5.75 Å². The van der Waals surface area contributed by atoms with Gasteiger partial charge in [0, 0.05) is 12.1 Å². The van der Waals surface area contributed by atoms with Crippen LogP contribution in [0.2, 0.25) is 0 Å². The maximum atomic E-state index is 12.7. The molecule has 34 heavy (non-hydrogen) atoms. The van der Waals surface area contributed by atoms with Gasteiger partial charge in [-0.2, -0.15) is 0 Å². The fourth-order valence-corrected chi connectivity index (χ4v) is 3.46. The number of carbonyl (C=O) groups excluding carboxylic acids is 1. The molecule has 0 radical (unpaired) electrons. The van der Waals surface area contributed by atoms with E-state index in [1.165, 1.54) is 0 Å². The molecule has 0 bridgehead atoms. The SMILES string of the molecule is O=C(NCc1ccccc1-c1ccccc1)Nc1ccccc1-c1nc(C(=O)O)c(O)c(=O)[nH]1. The van der Waals surface area contributed by atoms with E-state index < -0.39 is 29.0 Å². The number of carboxylic acid groups (broad SMARTS) is 1. The monoisotopic (exact) mass is 456 g/mol. The summed E-state index contributed by atoms with van der Waals surface area (Å²) in [6.45, 7) is 0.260. The van der Waals surface area contributed by atoms with E-state index in [0.717, 1.165) is 16.7 Å². The van der Waals surface area contributed by atoms with Crippen LogP contribution < -0.4 is 16.2 Å². The summed E-state index contributed by atoms with van der Waals surface area (Å²) in [5, 5.41) is 24.4. The Hall–Kier alpha value is -4.92. The number of aromatic carboxylic acids is 1. The Bertz CT molecular complexity index is 1420. The highest BCUT2D eigenvalue weighted by Crippen LogP contribution is 2.26. The molecule has 4 rings (SSSR count). The summed E-state index contributed by atoms with van der Waals surface area (Å²) < 4.78 is 0. The summed E-state index contributed by atoms with van der Waals surface area (Å²) in [6.07, 6.45) is 0. The maximum Gasteiger partial charge on any atom is 0.358 e. The van der Waals surface area contributed by atoms with Gasteiger partial charge >= 0.3 is 12.0 Å². The van der Waals surface area contributed by atoms with Gasteiger partial charge in [-0.05, 0) is 28.8 Å². The van der Waals surface area contributed by atoms with Gasteiger partial charge in [-0.15, -0.1) is 0 Å². The zero-order valence-electron chi connectivity index (χ0n) is 17.8. The number of H-pyrrole nitrogens is 1. The summed E-state index contributed by atoms with van der Waals surface area (Å²) in [7, 11) is 0. The molecule has 9 heteroatoms. The highest BCUT2D eigenvalue weighted by molar-refractivity contribution is 5.94. The molecule has 1 heterocycles. The number of para-hydroxylation sites is 1. The van der Waals surface area contributed by atoms with Gasteiger partial charge in [0.1, 0.15) is 5.82 Å².